The first-order valence-electron chi connectivity index (χ1n) is 4.29. The van der Waals surface area contributed by atoms with E-state index in [1.54, 1.807) is 12.1 Å². The predicted molar refractivity (Wildman–Crippen MR) is 60.5 cm³/mol. The molecule has 0 aliphatic carbocycles. The first-order chi connectivity index (χ1) is 7.58. The van der Waals surface area contributed by atoms with E-state index in [4.69, 9.17) is 32.7 Å². The molecule has 0 bridgehead atoms. The Hall–Kier alpha value is -1.13. The standard InChI is InChI=1S/C10H10Cl2O4/c1-14-6-3-4-7(8(5-6)15-2)9(13)16-10(11)12/h3-5,10H,1-2H3. The van der Waals surface area contributed by atoms with E-state index in [0.717, 1.165) is 0 Å². The van der Waals surface area contributed by atoms with Gasteiger partial charge in [-0.3, -0.25) is 0 Å². The molecule has 0 atom stereocenters. The molecule has 6 heteroatoms. The van der Waals surface area contributed by atoms with Crippen molar-refractivity contribution in [2.24, 2.45) is 0 Å². The lowest BCUT2D eigenvalue weighted by molar-refractivity contribution is 0.0532. The smallest absolute Gasteiger partial charge is 0.344 e. The number of rotatable bonds is 4. The second kappa shape index (κ2) is 5.82. The predicted octanol–water partition coefficient (Wildman–Crippen LogP) is 2.62. The largest absolute Gasteiger partial charge is 0.497 e. The van der Waals surface area contributed by atoms with Crippen LogP contribution in [-0.4, -0.2) is 25.2 Å². The highest BCUT2D eigenvalue weighted by Gasteiger charge is 2.16. The van der Waals surface area contributed by atoms with Crippen LogP contribution in [0.4, 0.5) is 0 Å². The number of ether oxygens (including phenoxy) is 3. The molecular formula is C10H10Cl2O4. The molecule has 1 aromatic carbocycles. The van der Waals surface area contributed by atoms with Crippen LogP contribution in [0.5, 0.6) is 11.5 Å². The van der Waals surface area contributed by atoms with Crippen molar-refractivity contribution in [2.75, 3.05) is 14.2 Å². The second-order valence-electron chi connectivity index (χ2n) is 2.73. The molecule has 88 valence electrons. The van der Waals surface area contributed by atoms with E-state index in [0.29, 0.717) is 11.5 Å². The summed E-state index contributed by atoms with van der Waals surface area (Å²) in [6, 6.07) is 4.68. The Labute approximate surface area is 103 Å². The van der Waals surface area contributed by atoms with Gasteiger partial charge in [0.25, 0.3) is 5.02 Å². The zero-order chi connectivity index (χ0) is 12.1. The number of benzene rings is 1. The molecule has 0 aromatic heterocycles. The molecule has 0 amide bonds. The fourth-order valence-electron chi connectivity index (χ4n) is 1.11. The number of carbonyl (C=O) groups excluding carboxylic acids is 1. The molecule has 1 aromatic rings. The Morgan fingerprint density at radius 3 is 2.44 bits per heavy atom. The fraction of sp³-hybridized carbons (Fsp3) is 0.300. The lowest BCUT2D eigenvalue weighted by Crippen LogP contribution is -2.09. The minimum Gasteiger partial charge on any atom is -0.497 e. The Morgan fingerprint density at radius 2 is 1.94 bits per heavy atom. The van der Waals surface area contributed by atoms with Crippen molar-refractivity contribution in [3.05, 3.63) is 23.8 Å². The third kappa shape index (κ3) is 3.18. The van der Waals surface area contributed by atoms with Crippen molar-refractivity contribution in [2.45, 2.75) is 5.02 Å². The molecular weight excluding hydrogens is 255 g/mol. The van der Waals surface area contributed by atoms with Crippen LogP contribution in [0.1, 0.15) is 10.4 Å². The molecule has 0 saturated heterocycles. The Morgan fingerprint density at radius 1 is 1.25 bits per heavy atom. The average molecular weight is 265 g/mol. The maximum absolute atomic E-state index is 11.5. The summed E-state index contributed by atoms with van der Waals surface area (Å²) in [5.74, 6) is 0.245. The van der Waals surface area contributed by atoms with Gasteiger partial charge < -0.3 is 14.2 Å². The fourth-order valence-corrected chi connectivity index (χ4v) is 1.27. The van der Waals surface area contributed by atoms with E-state index < -0.39 is 11.0 Å². The van der Waals surface area contributed by atoms with Gasteiger partial charge in [-0.2, -0.15) is 0 Å². The first-order valence-corrected chi connectivity index (χ1v) is 5.17. The zero-order valence-corrected chi connectivity index (χ0v) is 10.2. The average Bonchev–Trinajstić information content (AvgIpc) is 2.27. The third-order valence-electron chi connectivity index (χ3n) is 1.82. The van der Waals surface area contributed by atoms with Crippen LogP contribution in [0.15, 0.2) is 18.2 Å². The van der Waals surface area contributed by atoms with Crippen LogP contribution < -0.4 is 9.47 Å². The van der Waals surface area contributed by atoms with Crippen LogP contribution in [-0.2, 0) is 4.74 Å². The summed E-state index contributed by atoms with van der Waals surface area (Å²) in [5.41, 5.74) is 0.231. The van der Waals surface area contributed by atoms with Gasteiger partial charge in [0.05, 0.1) is 14.2 Å². The van der Waals surface area contributed by atoms with E-state index in [2.05, 4.69) is 4.74 Å². The zero-order valence-electron chi connectivity index (χ0n) is 8.70. The first kappa shape index (κ1) is 12.9. The van der Waals surface area contributed by atoms with Gasteiger partial charge in [-0.05, 0) is 12.1 Å². The SMILES string of the molecule is COc1ccc(C(=O)OC(Cl)Cl)c(OC)c1. The summed E-state index contributed by atoms with van der Waals surface area (Å²) in [6.07, 6.45) is 0. The molecule has 16 heavy (non-hydrogen) atoms. The van der Waals surface area contributed by atoms with Gasteiger partial charge in [0.15, 0.2) is 0 Å². The highest BCUT2D eigenvalue weighted by Crippen LogP contribution is 2.25. The molecule has 1 rings (SSSR count). The molecule has 0 heterocycles. The van der Waals surface area contributed by atoms with Crippen LogP contribution in [0.25, 0.3) is 0 Å². The maximum atomic E-state index is 11.5. The van der Waals surface area contributed by atoms with Gasteiger partial charge in [0.1, 0.15) is 17.1 Å². The summed E-state index contributed by atoms with van der Waals surface area (Å²) < 4.78 is 14.6. The Balaban J connectivity index is 2.99. The molecule has 0 saturated carbocycles. The molecule has 0 aliphatic heterocycles. The minimum absolute atomic E-state index is 0.231. The van der Waals surface area contributed by atoms with Crippen LogP contribution in [0, 0.1) is 0 Å². The topological polar surface area (TPSA) is 44.8 Å². The lowest BCUT2D eigenvalue weighted by atomic mass is 10.2. The summed E-state index contributed by atoms with van der Waals surface area (Å²) in [4.78, 5) is 11.5. The molecule has 0 unspecified atom stereocenters. The van der Waals surface area contributed by atoms with Gasteiger partial charge in [-0.1, -0.05) is 23.2 Å². The number of hydrogen-bond acceptors (Lipinski definition) is 4. The van der Waals surface area contributed by atoms with Gasteiger partial charge in [0, 0.05) is 6.07 Å². The molecule has 4 nitrogen and oxygen atoms in total. The number of carbonyl (C=O) groups is 1. The highest BCUT2D eigenvalue weighted by molar-refractivity contribution is 6.43. The highest BCUT2D eigenvalue weighted by atomic mass is 35.5. The second-order valence-corrected chi connectivity index (χ2v) is 3.75. The Bertz CT molecular complexity index is 379. The van der Waals surface area contributed by atoms with Gasteiger partial charge in [-0.25, -0.2) is 4.79 Å². The third-order valence-corrected chi connectivity index (χ3v) is 2.00. The van der Waals surface area contributed by atoms with Gasteiger partial charge in [0.2, 0.25) is 0 Å². The molecule has 0 radical (unpaired) electrons. The van der Waals surface area contributed by atoms with Crippen molar-refractivity contribution in [3.8, 4) is 11.5 Å². The van der Waals surface area contributed by atoms with E-state index in [1.165, 1.54) is 20.3 Å². The number of hydrogen-bond donors (Lipinski definition) is 0. The Kier molecular flexibility index (Phi) is 4.71. The van der Waals surface area contributed by atoms with Crippen LogP contribution in [0.2, 0.25) is 0 Å². The summed E-state index contributed by atoms with van der Waals surface area (Å²) in [6.45, 7) is 0. The monoisotopic (exact) mass is 264 g/mol. The van der Waals surface area contributed by atoms with Gasteiger partial charge >= 0.3 is 5.97 Å². The van der Waals surface area contributed by atoms with Crippen molar-refractivity contribution < 1.29 is 19.0 Å². The van der Waals surface area contributed by atoms with E-state index >= 15 is 0 Å². The molecule has 0 fully saturated rings. The van der Waals surface area contributed by atoms with Crippen molar-refractivity contribution in [1.82, 2.24) is 0 Å². The maximum Gasteiger partial charge on any atom is 0.344 e. The molecule has 0 N–H and O–H groups in total. The van der Waals surface area contributed by atoms with E-state index in [1.807, 2.05) is 0 Å². The van der Waals surface area contributed by atoms with Crippen LogP contribution >= 0.6 is 23.2 Å². The van der Waals surface area contributed by atoms with Gasteiger partial charge in [-0.15, -0.1) is 0 Å². The normalized spacial score (nSPS) is 10.1. The molecule has 0 spiro atoms. The number of alkyl halides is 2. The van der Waals surface area contributed by atoms with Crippen molar-refractivity contribution >= 4 is 29.2 Å². The van der Waals surface area contributed by atoms with Crippen molar-refractivity contribution in [3.63, 3.8) is 0 Å². The molecule has 0 aliphatic rings. The summed E-state index contributed by atoms with van der Waals surface area (Å²) in [5, 5.41) is -1.21. The van der Waals surface area contributed by atoms with Crippen LogP contribution in [0.3, 0.4) is 0 Å². The van der Waals surface area contributed by atoms with E-state index in [-0.39, 0.29) is 5.56 Å². The lowest BCUT2D eigenvalue weighted by Gasteiger charge is -2.10. The quantitative estimate of drug-likeness (QED) is 0.620. The number of esters is 1. The van der Waals surface area contributed by atoms with E-state index in [9.17, 15) is 4.79 Å². The number of halogens is 2. The number of methoxy groups -OCH3 is 2. The summed E-state index contributed by atoms with van der Waals surface area (Å²) >= 11 is 10.7. The summed E-state index contributed by atoms with van der Waals surface area (Å²) in [7, 11) is 2.95. The minimum atomic E-state index is -1.21. The van der Waals surface area contributed by atoms with Crippen molar-refractivity contribution in [1.29, 1.82) is 0 Å².